The van der Waals surface area contributed by atoms with Crippen molar-refractivity contribution in [1.29, 1.82) is 0 Å². The van der Waals surface area contributed by atoms with Crippen molar-refractivity contribution in [3.05, 3.63) is 83.0 Å². The van der Waals surface area contributed by atoms with Gasteiger partial charge in [0.25, 0.3) is 0 Å². The molecule has 0 heterocycles. The summed E-state index contributed by atoms with van der Waals surface area (Å²) in [7, 11) is 0. The van der Waals surface area contributed by atoms with Gasteiger partial charge in [0.05, 0.1) is 0 Å². The largest absolute Gasteiger partial charge is 1.00 e. The molecule has 0 saturated heterocycles. The number of hydrogen-bond acceptors (Lipinski definition) is 0. The third-order valence-electron chi connectivity index (χ3n) is 4.49. The van der Waals surface area contributed by atoms with Crippen LogP contribution in [0.3, 0.4) is 0 Å². The number of hydrogen-bond donors (Lipinski definition) is 0. The fourth-order valence-electron chi connectivity index (χ4n) is 3.60. The molecule has 0 radical (unpaired) electrons. The number of rotatable bonds is 2. The van der Waals surface area contributed by atoms with E-state index in [0.717, 1.165) is 6.42 Å². The molecule has 3 heteroatoms. The van der Waals surface area contributed by atoms with Crippen molar-refractivity contribution in [3.8, 4) is 0 Å². The standard InChI is InChI=1S/C18H13.C3H6.2ClH.Zr/c1-2-7-13(6-1)15-10-5-11-17-16-9-4-3-8-14(16)12-18(15)17;1-3-2;;;/h1-6,8-11,16H,7H2;1-2H3;2*1H;/q;;;;+2/p-2. The van der Waals surface area contributed by atoms with Gasteiger partial charge in [-0.25, -0.2) is 0 Å². The molecule has 3 aliphatic rings. The first-order valence-electron chi connectivity index (χ1n) is 7.91. The van der Waals surface area contributed by atoms with Crippen LogP contribution in [0.4, 0.5) is 0 Å². The average Bonchev–Trinajstić information content (AvgIpc) is 3.15. The molecule has 0 spiro atoms. The SMILES string of the molecule is C[C](C)=[Zr+2][C]1=C2C=CC=CC2c2cccc(C3=CC=CC3)c21.[Cl-].[Cl-]. The van der Waals surface area contributed by atoms with Crippen LogP contribution in [0.5, 0.6) is 0 Å². The van der Waals surface area contributed by atoms with Gasteiger partial charge in [0.2, 0.25) is 0 Å². The van der Waals surface area contributed by atoms with E-state index in [1.807, 2.05) is 0 Å². The van der Waals surface area contributed by atoms with Crippen LogP contribution >= 0.6 is 0 Å². The summed E-state index contributed by atoms with van der Waals surface area (Å²) in [5.74, 6) is 0.491. The van der Waals surface area contributed by atoms with E-state index in [-0.39, 0.29) is 24.8 Å². The summed E-state index contributed by atoms with van der Waals surface area (Å²) in [5, 5.41) is 0. The number of fused-ring (bicyclic) bond motifs is 3. The van der Waals surface area contributed by atoms with E-state index >= 15 is 0 Å². The Morgan fingerprint density at radius 2 is 1.92 bits per heavy atom. The molecule has 3 aliphatic carbocycles. The van der Waals surface area contributed by atoms with Crippen molar-refractivity contribution < 1.29 is 47.6 Å². The Morgan fingerprint density at radius 3 is 2.62 bits per heavy atom. The summed E-state index contributed by atoms with van der Waals surface area (Å²) in [4.78, 5) is 0. The molecule has 1 atom stereocenters. The van der Waals surface area contributed by atoms with Gasteiger partial charge in [0, 0.05) is 0 Å². The monoisotopic (exact) mass is 431 g/mol. The maximum absolute atomic E-state index is 2.37. The van der Waals surface area contributed by atoms with Gasteiger partial charge < -0.3 is 24.8 Å². The summed E-state index contributed by atoms with van der Waals surface area (Å²) < 4.78 is 3.35. The van der Waals surface area contributed by atoms with Gasteiger partial charge in [0.15, 0.2) is 0 Å². The summed E-state index contributed by atoms with van der Waals surface area (Å²) >= 11 is -0.653. The van der Waals surface area contributed by atoms with Crippen molar-refractivity contribution in [3.63, 3.8) is 0 Å². The Balaban J connectivity index is 0.00000104. The van der Waals surface area contributed by atoms with E-state index in [1.54, 1.807) is 17.6 Å². The van der Waals surface area contributed by atoms with Crippen molar-refractivity contribution in [2.24, 2.45) is 0 Å². The van der Waals surface area contributed by atoms with Crippen LogP contribution in [-0.2, 0) is 22.8 Å². The zero-order valence-corrected chi connectivity index (χ0v) is 17.8. The number of allylic oxidation sites excluding steroid dienone is 9. The van der Waals surface area contributed by atoms with Crippen molar-refractivity contribution in [1.82, 2.24) is 0 Å². The van der Waals surface area contributed by atoms with E-state index in [0.29, 0.717) is 5.92 Å². The van der Waals surface area contributed by atoms with Crippen LogP contribution in [0.25, 0.3) is 8.85 Å². The van der Waals surface area contributed by atoms with Crippen molar-refractivity contribution >= 4 is 12.1 Å². The minimum Gasteiger partial charge on any atom is -1.00 e. The second-order valence-corrected chi connectivity index (χ2v) is 10.6. The Kier molecular flexibility index (Phi) is 6.60. The van der Waals surface area contributed by atoms with Gasteiger partial charge in [-0.15, -0.1) is 0 Å². The van der Waals surface area contributed by atoms with E-state index in [1.165, 1.54) is 16.7 Å². The third-order valence-corrected chi connectivity index (χ3v) is 7.66. The molecule has 1 unspecified atom stereocenters. The molecule has 0 aromatic heterocycles. The molecule has 24 heavy (non-hydrogen) atoms. The fourth-order valence-corrected chi connectivity index (χ4v) is 6.77. The molecule has 1 aromatic carbocycles. The molecule has 0 bridgehead atoms. The topological polar surface area (TPSA) is 0 Å². The summed E-state index contributed by atoms with van der Waals surface area (Å²) in [6.07, 6.45) is 17.0. The number of halogens is 2. The normalized spacial score (nSPS) is 19.1. The first kappa shape index (κ1) is 19.6. The van der Waals surface area contributed by atoms with Crippen LogP contribution in [0.1, 0.15) is 42.9 Å². The van der Waals surface area contributed by atoms with Crippen LogP contribution in [0.15, 0.2) is 66.3 Å². The van der Waals surface area contributed by atoms with Gasteiger partial charge in [-0.2, -0.15) is 0 Å². The second-order valence-electron chi connectivity index (χ2n) is 6.27. The van der Waals surface area contributed by atoms with Crippen molar-refractivity contribution in [2.45, 2.75) is 26.2 Å². The summed E-state index contributed by atoms with van der Waals surface area (Å²) in [6, 6.07) is 6.91. The van der Waals surface area contributed by atoms with E-state index in [4.69, 9.17) is 0 Å². The van der Waals surface area contributed by atoms with Crippen LogP contribution in [0.2, 0.25) is 0 Å². The molecule has 0 amide bonds. The Labute approximate surface area is 168 Å². The zero-order chi connectivity index (χ0) is 15.1. The molecule has 1 aromatic rings. The Hall–Kier alpha value is -0.747. The van der Waals surface area contributed by atoms with Crippen LogP contribution < -0.4 is 24.8 Å². The first-order chi connectivity index (χ1) is 10.8. The zero-order valence-electron chi connectivity index (χ0n) is 13.8. The van der Waals surface area contributed by atoms with Gasteiger partial charge in [-0.1, -0.05) is 0 Å². The Bertz CT molecular complexity index is 831. The van der Waals surface area contributed by atoms with Crippen molar-refractivity contribution in [2.75, 3.05) is 0 Å². The van der Waals surface area contributed by atoms with E-state index in [2.05, 4.69) is 74.6 Å². The smallest absolute Gasteiger partial charge is 1.00 e. The molecule has 0 N–H and O–H groups in total. The molecular formula is C21H19Cl2Zr. The minimum atomic E-state index is -0.653. The summed E-state index contributed by atoms with van der Waals surface area (Å²) in [5.41, 5.74) is 7.63. The van der Waals surface area contributed by atoms with Gasteiger partial charge in [0.1, 0.15) is 0 Å². The molecule has 0 aliphatic heterocycles. The van der Waals surface area contributed by atoms with Crippen LogP contribution in [0, 0.1) is 0 Å². The summed E-state index contributed by atoms with van der Waals surface area (Å²) in [6.45, 7) is 4.63. The average molecular weight is 434 g/mol. The maximum Gasteiger partial charge on any atom is -1.00 e. The maximum atomic E-state index is 2.37. The minimum absolute atomic E-state index is 0. The van der Waals surface area contributed by atoms with E-state index < -0.39 is 22.8 Å². The Morgan fingerprint density at radius 1 is 1.08 bits per heavy atom. The predicted octanol–water partition coefficient (Wildman–Crippen LogP) is -0.733. The molecular weight excluding hydrogens is 414 g/mol. The predicted molar refractivity (Wildman–Crippen MR) is 92.5 cm³/mol. The first-order valence-corrected chi connectivity index (χ1v) is 10.4. The van der Waals surface area contributed by atoms with Gasteiger partial charge >= 0.3 is 144 Å². The number of benzene rings is 1. The molecule has 0 saturated carbocycles. The van der Waals surface area contributed by atoms with Gasteiger partial charge in [-0.05, 0) is 0 Å². The van der Waals surface area contributed by atoms with E-state index in [9.17, 15) is 0 Å². The van der Waals surface area contributed by atoms with Gasteiger partial charge in [-0.3, -0.25) is 0 Å². The molecule has 121 valence electrons. The molecule has 0 fully saturated rings. The van der Waals surface area contributed by atoms with Crippen LogP contribution in [-0.4, -0.2) is 3.21 Å². The molecule has 0 nitrogen and oxygen atoms in total. The quantitative estimate of drug-likeness (QED) is 0.577. The fraction of sp³-hybridized carbons (Fsp3) is 0.190. The third kappa shape index (κ3) is 3.32. The molecule has 4 rings (SSSR count). The second kappa shape index (κ2) is 8.09.